The van der Waals surface area contributed by atoms with Crippen LogP contribution in [0.5, 0.6) is 0 Å². The quantitative estimate of drug-likeness (QED) is 0.608. The van der Waals surface area contributed by atoms with Crippen molar-refractivity contribution in [3.8, 4) is 0 Å². The van der Waals surface area contributed by atoms with Gasteiger partial charge >= 0.3 is 0 Å². The van der Waals surface area contributed by atoms with Crippen molar-refractivity contribution in [2.75, 3.05) is 0 Å². The summed E-state index contributed by atoms with van der Waals surface area (Å²) in [6.45, 7) is 14.6. The van der Waals surface area contributed by atoms with E-state index >= 15 is 0 Å². The van der Waals surface area contributed by atoms with Crippen LogP contribution in [0.15, 0.2) is 34.9 Å². The van der Waals surface area contributed by atoms with E-state index in [0.717, 1.165) is 18.4 Å². The van der Waals surface area contributed by atoms with E-state index in [1.807, 2.05) is 26.8 Å². The maximum Gasteiger partial charge on any atom is 0.0837 e. The SMILES string of the molecule is C\C=C(/C=C\C(CC(C)CC)=C(\C)CC)C(C)(C)O. The molecule has 0 saturated carbocycles. The van der Waals surface area contributed by atoms with E-state index in [-0.39, 0.29) is 0 Å². The van der Waals surface area contributed by atoms with Crippen molar-refractivity contribution in [3.63, 3.8) is 0 Å². The van der Waals surface area contributed by atoms with E-state index in [0.29, 0.717) is 5.92 Å². The molecular formula is C18H32O. The second-order valence-electron chi connectivity index (χ2n) is 6.01. The lowest BCUT2D eigenvalue weighted by Crippen LogP contribution is -2.20. The van der Waals surface area contributed by atoms with E-state index < -0.39 is 5.60 Å². The zero-order valence-electron chi connectivity index (χ0n) is 13.9. The molecule has 0 aliphatic carbocycles. The van der Waals surface area contributed by atoms with Gasteiger partial charge in [-0.05, 0) is 57.6 Å². The molecule has 0 saturated heterocycles. The Kier molecular flexibility index (Phi) is 8.01. The van der Waals surface area contributed by atoms with Gasteiger partial charge in [-0.2, -0.15) is 0 Å². The molecule has 0 aromatic carbocycles. The predicted octanol–water partition coefficient (Wildman–Crippen LogP) is 5.42. The first-order valence-electron chi connectivity index (χ1n) is 7.52. The molecular weight excluding hydrogens is 232 g/mol. The second kappa shape index (κ2) is 8.37. The summed E-state index contributed by atoms with van der Waals surface area (Å²) in [6, 6.07) is 0. The van der Waals surface area contributed by atoms with Crippen molar-refractivity contribution >= 4 is 0 Å². The van der Waals surface area contributed by atoms with Gasteiger partial charge in [-0.25, -0.2) is 0 Å². The second-order valence-corrected chi connectivity index (χ2v) is 6.01. The summed E-state index contributed by atoms with van der Waals surface area (Å²) in [6.07, 6.45) is 9.66. The van der Waals surface area contributed by atoms with Crippen LogP contribution in [0.2, 0.25) is 0 Å². The number of aliphatic hydroxyl groups is 1. The van der Waals surface area contributed by atoms with E-state index in [4.69, 9.17) is 0 Å². The molecule has 0 heterocycles. The van der Waals surface area contributed by atoms with Gasteiger partial charge in [-0.1, -0.05) is 51.0 Å². The molecule has 1 heteroatoms. The highest BCUT2D eigenvalue weighted by Gasteiger charge is 2.16. The third kappa shape index (κ3) is 6.77. The highest BCUT2D eigenvalue weighted by atomic mass is 16.3. The lowest BCUT2D eigenvalue weighted by Gasteiger charge is -2.19. The van der Waals surface area contributed by atoms with Gasteiger partial charge in [0, 0.05) is 0 Å². The van der Waals surface area contributed by atoms with Crippen LogP contribution >= 0.6 is 0 Å². The van der Waals surface area contributed by atoms with Crippen molar-refractivity contribution in [1.82, 2.24) is 0 Å². The van der Waals surface area contributed by atoms with Crippen LogP contribution in [0.4, 0.5) is 0 Å². The number of hydrogen-bond donors (Lipinski definition) is 1. The summed E-state index contributed by atoms with van der Waals surface area (Å²) in [5, 5.41) is 10.1. The first kappa shape index (κ1) is 18.2. The molecule has 0 radical (unpaired) electrons. The summed E-state index contributed by atoms with van der Waals surface area (Å²) in [7, 11) is 0. The smallest absolute Gasteiger partial charge is 0.0837 e. The zero-order chi connectivity index (χ0) is 15.1. The minimum absolute atomic E-state index is 0.706. The molecule has 1 N–H and O–H groups in total. The molecule has 0 aliphatic heterocycles. The standard InChI is InChI=1S/C18H32O/c1-8-14(4)13-16(15(5)9-2)11-12-17(10-3)18(6,7)19/h10-12,14,19H,8-9,13H2,1-7H3/b12-11-,16-15+,17-10+. The Hall–Kier alpha value is -0.820. The molecule has 0 bridgehead atoms. The third-order valence-electron chi connectivity index (χ3n) is 3.83. The Morgan fingerprint density at radius 3 is 2.16 bits per heavy atom. The minimum atomic E-state index is -0.771. The van der Waals surface area contributed by atoms with Crippen molar-refractivity contribution in [2.45, 2.75) is 73.3 Å². The van der Waals surface area contributed by atoms with Crippen LogP contribution in [0.3, 0.4) is 0 Å². The van der Waals surface area contributed by atoms with Gasteiger partial charge in [0.2, 0.25) is 0 Å². The minimum Gasteiger partial charge on any atom is -0.386 e. The van der Waals surface area contributed by atoms with Gasteiger partial charge in [0.25, 0.3) is 0 Å². The van der Waals surface area contributed by atoms with Crippen molar-refractivity contribution < 1.29 is 5.11 Å². The van der Waals surface area contributed by atoms with Crippen LogP contribution in [0.25, 0.3) is 0 Å². The molecule has 1 nitrogen and oxygen atoms in total. The predicted molar refractivity (Wildman–Crippen MR) is 86.3 cm³/mol. The van der Waals surface area contributed by atoms with Crippen LogP contribution in [-0.4, -0.2) is 10.7 Å². The molecule has 0 aromatic rings. The highest BCUT2D eigenvalue weighted by molar-refractivity contribution is 5.34. The van der Waals surface area contributed by atoms with E-state index in [2.05, 4.69) is 39.8 Å². The summed E-state index contributed by atoms with van der Waals surface area (Å²) in [4.78, 5) is 0. The van der Waals surface area contributed by atoms with Gasteiger partial charge in [-0.15, -0.1) is 0 Å². The highest BCUT2D eigenvalue weighted by Crippen LogP contribution is 2.23. The van der Waals surface area contributed by atoms with Crippen LogP contribution in [0, 0.1) is 5.92 Å². The first-order chi connectivity index (χ1) is 8.76. The molecule has 110 valence electrons. The number of hydrogen-bond acceptors (Lipinski definition) is 1. The lowest BCUT2D eigenvalue weighted by atomic mass is 9.92. The monoisotopic (exact) mass is 264 g/mol. The van der Waals surface area contributed by atoms with E-state index in [9.17, 15) is 5.11 Å². The molecule has 0 rings (SSSR count). The summed E-state index contributed by atoms with van der Waals surface area (Å²) in [5.41, 5.74) is 3.06. The van der Waals surface area contributed by atoms with Crippen molar-refractivity contribution in [2.24, 2.45) is 5.92 Å². The van der Waals surface area contributed by atoms with Gasteiger partial charge in [0.05, 0.1) is 5.60 Å². The maximum absolute atomic E-state index is 10.1. The average molecular weight is 264 g/mol. The van der Waals surface area contributed by atoms with E-state index in [1.54, 1.807) is 0 Å². The van der Waals surface area contributed by atoms with Crippen molar-refractivity contribution in [1.29, 1.82) is 0 Å². The summed E-state index contributed by atoms with van der Waals surface area (Å²) in [5.74, 6) is 0.706. The fourth-order valence-corrected chi connectivity index (χ4v) is 1.98. The fourth-order valence-electron chi connectivity index (χ4n) is 1.98. The molecule has 0 amide bonds. The van der Waals surface area contributed by atoms with Crippen LogP contribution in [-0.2, 0) is 0 Å². The molecule has 1 atom stereocenters. The topological polar surface area (TPSA) is 20.2 Å². The van der Waals surface area contributed by atoms with Gasteiger partial charge in [0.15, 0.2) is 0 Å². The summed E-state index contributed by atoms with van der Waals surface area (Å²) >= 11 is 0. The fraction of sp³-hybridized carbons (Fsp3) is 0.667. The largest absolute Gasteiger partial charge is 0.386 e. The number of allylic oxidation sites excluding steroid dienone is 4. The van der Waals surface area contributed by atoms with Gasteiger partial charge < -0.3 is 5.11 Å². The molecule has 19 heavy (non-hydrogen) atoms. The Morgan fingerprint density at radius 1 is 1.21 bits per heavy atom. The van der Waals surface area contributed by atoms with Crippen LogP contribution in [0.1, 0.15) is 67.7 Å². The van der Waals surface area contributed by atoms with Crippen molar-refractivity contribution in [3.05, 3.63) is 34.9 Å². The third-order valence-corrected chi connectivity index (χ3v) is 3.83. The Bertz CT molecular complexity index is 350. The average Bonchev–Trinajstić information content (AvgIpc) is 2.35. The molecule has 0 aromatic heterocycles. The Morgan fingerprint density at radius 2 is 1.79 bits per heavy atom. The maximum atomic E-state index is 10.1. The first-order valence-corrected chi connectivity index (χ1v) is 7.52. The zero-order valence-corrected chi connectivity index (χ0v) is 13.9. The van der Waals surface area contributed by atoms with Crippen LogP contribution < -0.4 is 0 Å². The normalized spacial score (nSPS) is 16.7. The number of rotatable bonds is 7. The Balaban J connectivity index is 5.14. The van der Waals surface area contributed by atoms with Gasteiger partial charge in [-0.3, -0.25) is 0 Å². The van der Waals surface area contributed by atoms with E-state index in [1.165, 1.54) is 17.6 Å². The molecule has 0 fully saturated rings. The lowest BCUT2D eigenvalue weighted by molar-refractivity contribution is 0.123. The molecule has 1 unspecified atom stereocenters. The van der Waals surface area contributed by atoms with Gasteiger partial charge in [0.1, 0.15) is 0 Å². The Labute approximate surface area is 120 Å². The molecule has 0 aliphatic rings. The molecule has 0 spiro atoms. The summed E-state index contributed by atoms with van der Waals surface area (Å²) < 4.78 is 0.